The van der Waals surface area contributed by atoms with E-state index < -0.39 is 10.0 Å². The third-order valence-electron chi connectivity index (χ3n) is 3.48. The predicted molar refractivity (Wildman–Crippen MR) is 99.6 cm³/mol. The number of nitrogens with one attached hydrogen (secondary N) is 2. The number of pyridine rings is 2. The summed E-state index contributed by atoms with van der Waals surface area (Å²) in [7, 11) is -2.15. The van der Waals surface area contributed by atoms with Gasteiger partial charge in [-0.25, -0.2) is 23.5 Å². The lowest BCUT2D eigenvalue weighted by molar-refractivity contribution is -0.114. The van der Waals surface area contributed by atoms with E-state index in [0.717, 1.165) is 0 Å². The number of aromatic nitrogens is 4. The molecular formula is C16H17N7O3S. The van der Waals surface area contributed by atoms with Crippen molar-refractivity contribution in [3.8, 4) is 11.3 Å². The number of hydrogen-bond donors (Lipinski definition) is 3. The molecule has 0 aliphatic heterocycles. The number of anilines is 3. The van der Waals surface area contributed by atoms with Crippen molar-refractivity contribution < 1.29 is 13.2 Å². The zero-order chi connectivity index (χ0) is 19.6. The van der Waals surface area contributed by atoms with E-state index in [9.17, 15) is 13.2 Å². The summed E-state index contributed by atoms with van der Waals surface area (Å²) in [5.74, 6) is 0.319. The van der Waals surface area contributed by atoms with E-state index in [2.05, 4.69) is 25.7 Å². The fraction of sp³-hybridized carbons (Fsp3) is 0.125. The minimum absolute atomic E-state index is 0.261. The normalized spacial score (nSPS) is 11.2. The molecule has 0 saturated carbocycles. The number of hydrogen-bond acceptors (Lipinski definition) is 7. The highest BCUT2D eigenvalue weighted by Crippen LogP contribution is 2.30. The largest absolute Gasteiger partial charge is 0.339 e. The standard InChI is InChI=1S/C16H17N7O3S/c1-10(24)19-15-8-13(11(9-18-15)12-6-7-23(2)22-12)20-14-4-3-5-16(21-14)27(17,25)26/h3-9H,1-2H3,(H2,17,25,26)(H2,18,19,20,21,24). The number of carbonyl (C=O) groups excluding carboxylic acids is 1. The zero-order valence-electron chi connectivity index (χ0n) is 14.5. The molecule has 3 aromatic heterocycles. The number of sulfonamides is 1. The van der Waals surface area contributed by atoms with Crippen LogP contribution in [0.2, 0.25) is 0 Å². The Balaban J connectivity index is 2.05. The minimum Gasteiger partial charge on any atom is -0.339 e. The fourth-order valence-corrected chi connectivity index (χ4v) is 2.85. The van der Waals surface area contributed by atoms with Gasteiger partial charge in [-0.1, -0.05) is 6.07 Å². The summed E-state index contributed by atoms with van der Waals surface area (Å²) in [5, 5.41) is 14.8. The van der Waals surface area contributed by atoms with E-state index in [4.69, 9.17) is 5.14 Å². The van der Waals surface area contributed by atoms with Crippen LogP contribution in [0.1, 0.15) is 6.92 Å². The van der Waals surface area contributed by atoms with Gasteiger partial charge in [0.2, 0.25) is 5.91 Å². The van der Waals surface area contributed by atoms with Crippen LogP contribution in [0.5, 0.6) is 0 Å². The predicted octanol–water partition coefficient (Wildman–Crippen LogP) is 1.23. The van der Waals surface area contributed by atoms with Gasteiger partial charge in [-0.3, -0.25) is 9.48 Å². The van der Waals surface area contributed by atoms with E-state index in [-0.39, 0.29) is 16.8 Å². The van der Waals surface area contributed by atoms with Crippen LogP contribution in [0, 0.1) is 0 Å². The lowest BCUT2D eigenvalue weighted by atomic mass is 10.1. The Morgan fingerprint density at radius 1 is 1.22 bits per heavy atom. The van der Waals surface area contributed by atoms with E-state index in [1.165, 1.54) is 19.1 Å². The molecule has 0 atom stereocenters. The van der Waals surface area contributed by atoms with Gasteiger partial charge < -0.3 is 10.6 Å². The van der Waals surface area contributed by atoms with Crippen molar-refractivity contribution in [3.63, 3.8) is 0 Å². The maximum atomic E-state index is 11.5. The van der Waals surface area contributed by atoms with Crippen LogP contribution in [0.25, 0.3) is 11.3 Å². The average Bonchev–Trinajstić information content (AvgIpc) is 3.00. The smallest absolute Gasteiger partial charge is 0.255 e. The number of carbonyl (C=O) groups is 1. The fourth-order valence-electron chi connectivity index (χ4n) is 2.35. The lowest BCUT2D eigenvalue weighted by Gasteiger charge is -2.12. The summed E-state index contributed by atoms with van der Waals surface area (Å²) in [6.07, 6.45) is 3.33. The van der Waals surface area contributed by atoms with Gasteiger partial charge in [-0.05, 0) is 18.2 Å². The highest BCUT2D eigenvalue weighted by Gasteiger charge is 2.14. The molecule has 3 aromatic rings. The summed E-state index contributed by atoms with van der Waals surface area (Å²) < 4.78 is 24.7. The van der Waals surface area contributed by atoms with Crippen molar-refractivity contribution in [2.75, 3.05) is 10.6 Å². The van der Waals surface area contributed by atoms with Crippen LogP contribution in [0.3, 0.4) is 0 Å². The SMILES string of the molecule is CC(=O)Nc1cc(Nc2cccc(S(N)(=O)=O)n2)c(-c2ccn(C)n2)cn1. The van der Waals surface area contributed by atoms with Crippen molar-refractivity contribution in [2.45, 2.75) is 11.9 Å². The number of amides is 1. The van der Waals surface area contributed by atoms with Crippen LogP contribution < -0.4 is 15.8 Å². The first-order valence-corrected chi connectivity index (χ1v) is 9.31. The Morgan fingerprint density at radius 2 is 2.00 bits per heavy atom. The number of aryl methyl sites for hydroxylation is 1. The first kappa shape index (κ1) is 18.5. The molecule has 0 unspecified atom stereocenters. The van der Waals surface area contributed by atoms with E-state index >= 15 is 0 Å². The maximum Gasteiger partial charge on any atom is 0.255 e. The molecule has 3 heterocycles. The van der Waals surface area contributed by atoms with Crippen LogP contribution in [-0.2, 0) is 21.9 Å². The van der Waals surface area contributed by atoms with Gasteiger partial charge in [0.05, 0.1) is 11.4 Å². The summed E-state index contributed by atoms with van der Waals surface area (Å²) in [6.45, 7) is 1.37. The Labute approximate surface area is 155 Å². The second-order valence-corrected chi connectivity index (χ2v) is 7.21. The van der Waals surface area contributed by atoms with E-state index in [1.54, 1.807) is 42.3 Å². The molecular weight excluding hydrogens is 370 g/mol. The van der Waals surface area contributed by atoms with Crippen molar-refractivity contribution in [2.24, 2.45) is 12.2 Å². The van der Waals surface area contributed by atoms with E-state index in [0.29, 0.717) is 22.8 Å². The summed E-state index contributed by atoms with van der Waals surface area (Å²) in [5.41, 5.74) is 1.82. The molecule has 0 aliphatic carbocycles. The maximum absolute atomic E-state index is 11.5. The van der Waals surface area contributed by atoms with Gasteiger partial charge in [0, 0.05) is 38.0 Å². The minimum atomic E-state index is -3.94. The van der Waals surface area contributed by atoms with Crippen molar-refractivity contribution in [1.29, 1.82) is 0 Å². The van der Waals surface area contributed by atoms with Crippen molar-refractivity contribution in [3.05, 3.63) is 42.7 Å². The lowest BCUT2D eigenvalue weighted by Crippen LogP contribution is -2.14. The number of primary sulfonamides is 1. The molecule has 0 aliphatic rings. The molecule has 1 amide bonds. The molecule has 140 valence electrons. The molecule has 0 saturated heterocycles. The Morgan fingerprint density at radius 3 is 2.63 bits per heavy atom. The van der Waals surface area contributed by atoms with Gasteiger partial charge in [0.15, 0.2) is 5.03 Å². The first-order valence-electron chi connectivity index (χ1n) is 7.77. The number of rotatable bonds is 5. The van der Waals surface area contributed by atoms with Gasteiger partial charge in [-0.2, -0.15) is 5.10 Å². The molecule has 0 radical (unpaired) electrons. The van der Waals surface area contributed by atoms with Crippen LogP contribution in [-0.4, -0.2) is 34.1 Å². The third kappa shape index (κ3) is 4.46. The first-order chi connectivity index (χ1) is 12.7. The monoisotopic (exact) mass is 387 g/mol. The Kier molecular flexibility index (Phi) is 4.88. The summed E-state index contributed by atoms with van der Waals surface area (Å²) >= 11 is 0. The molecule has 27 heavy (non-hydrogen) atoms. The molecule has 0 aromatic carbocycles. The quantitative estimate of drug-likeness (QED) is 0.597. The molecule has 0 fully saturated rings. The van der Waals surface area contributed by atoms with Crippen molar-refractivity contribution >= 4 is 33.3 Å². The molecule has 4 N–H and O–H groups in total. The molecule has 11 heteroatoms. The van der Waals surface area contributed by atoms with Crippen molar-refractivity contribution in [1.82, 2.24) is 19.7 Å². The molecule has 10 nitrogen and oxygen atoms in total. The average molecular weight is 387 g/mol. The Bertz CT molecular complexity index is 1110. The second-order valence-electron chi connectivity index (χ2n) is 5.70. The second kappa shape index (κ2) is 7.13. The van der Waals surface area contributed by atoms with Gasteiger partial charge in [0.25, 0.3) is 10.0 Å². The molecule has 3 rings (SSSR count). The summed E-state index contributed by atoms with van der Waals surface area (Å²) in [6, 6.07) is 7.82. The van der Waals surface area contributed by atoms with E-state index in [1.807, 2.05) is 0 Å². The number of nitrogens with two attached hydrogens (primary N) is 1. The Hall–Kier alpha value is -3.31. The topological polar surface area (TPSA) is 145 Å². The number of nitrogens with zero attached hydrogens (tertiary/aromatic N) is 4. The zero-order valence-corrected chi connectivity index (χ0v) is 15.4. The van der Waals surface area contributed by atoms with Gasteiger partial charge >= 0.3 is 0 Å². The van der Waals surface area contributed by atoms with Gasteiger partial charge in [-0.15, -0.1) is 0 Å². The molecule has 0 bridgehead atoms. The third-order valence-corrected chi connectivity index (χ3v) is 4.29. The highest BCUT2D eigenvalue weighted by molar-refractivity contribution is 7.89. The van der Waals surface area contributed by atoms with Crippen LogP contribution in [0.15, 0.2) is 47.8 Å². The highest BCUT2D eigenvalue weighted by atomic mass is 32.2. The summed E-state index contributed by atoms with van der Waals surface area (Å²) in [4.78, 5) is 19.5. The van der Waals surface area contributed by atoms with Crippen LogP contribution >= 0.6 is 0 Å². The molecule has 0 spiro atoms. The van der Waals surface area contributed by atoms with Crippen LogP contribution in [0.4, 0.5) is 17.3 Å². The van der Waals surface area contributed by atoms with Gasteiger partial charge in [0.1, 0.15) is 11.6 Å².